The Labute approximate surface area is 163 Å². The molecule has 1 aromatic carbocycles. The van der Waals surface area contributed by atoms with Gasteiger partial charge in [-0.05, 0) is 49.1 Å². The Kier molecular flexibility index (Phi) is 9.66. The smallest absolute Gasteiger partial charge is 0.191 e. The van der Waals surface area contributed by atoms with E-state index in [9.17, 15) is 5.11 Å². The Morgan fingerprint density at radius 3 is 2.33 bits per heavy atom. The van der Waals surface area contributed by atoms with Crippen LogP contribution in [0.5, 0.6) is 0 Å². The first-order valence-corrected chi connectivity index (χ1v) is 8.84. The van der Waals surface area contributed by atoms with Crippen LogP contribution >= 0.6 is 24.0 Å². The lowest BCUT2D eigenvalue weighted by Crippen LogP contribution is -2.46. The highest BCUT2D eigenvalue weighted by Gasteiger charge is 2.24. The molecule has 2 unspecified atom stereocenters. The first kappa shape index (κ1) is 21.2. The van der Waals surface area contributed by atoms with E-state index < -0.39 is 0 Å². The number of guanidine groups is 1. The van der Waals surface area contributed by atoms with Crippen molar-refractivity contribution in [3.63, 3.8) is 0 Å². The summed E-state index contributed by atoms with van der Waals surface area (Å²) in [7, 11) is 0. The summed E-state index contributed by atoms with van der Waals surface area (Å²) in [5.41, 5.74) is 2.03. The van der Waals surface area contributed by atoms with Crippen molar-refractivity contribution in [1.82, 2.24) is 10.6 Å². The van der Waals surface area contributed by atoms with Crippen molar-refractivity contribution in [1.29, 1.82) is 0 Å². The quantitative estimate of drug-likeness (QED) is 0.368. The number of hydrogen-bond donors (Lipinski definition) is 3. The van der Waals surface area contributed by atoms with Crippen molar-refractivity contribution in [2.45, 2.75) is 59.2 Å². The maximum absolute atomic E-state index is 9.43. The fraction of sp³-hybridized carbons (Fsp3) is 0.632. The van der Waals surface area contributed by atoms with E-state index in [1.807, 2.05) is 24.3 Å². The fourth-order valence-corrected chi connectivity index (χ4v) is 3.61. The molecule has 2 atom stereocenters. The lowest BCUT2D eigenvalue weighted by atomic mass is 9.80. The normalized spacial score (nSPS) is 24.2. The van der Waals surface area contributed by atoms with E-state index >= 15 is 0 Å². The number of nitrogens with zero attached hydrogens (tertiary/aromatic N) is 1. The summed E-state index contributed by atoms with van der Waals surface area (Å²) in [4.78, 5) is 4.72. The molecule has 5 heteroatoms. The third kappa shape index (κ3) is 6.59. The van der Waals surface area contributed by atoms with Gasteiger partial charge in [-0.3, -0.25) is 0 Å². The zero-order valence-electron chi connectivity index (χ0n) is 15.1. The summed E-state index contributed by atoms with van der Waals surface area (Å²) in [6.07, 6.45) is 3.75. The highest BCUT2D eigenvalue weighted by atomic mass is 127. The largest absolute Gasteiger partial charge is 0.392 e. The summed E-state index contributed by atoms with van der Waals surface area (Å²) < 4.78 is 0. The molecule has 0 spiro atoms. The monoisotopic (exact) mass is 445 g/mol. The van der Waals surface area contributed by atoms with Gasteiger partial charge in [0, 0.05) is 12.6 Å². The van der Waals surface area contributed by atoms with Crippen LogP contribution in [0.1, 0.15) is 51.2 Å². The Morgan fingerprint density at radius 2 is 1.75 bits per heavy atom. The van der Waals surface area contributed by atoms with Crippen molar-refractivity contribution in [2.75, 3.05) is 6.54 Å². The summed E-state index contributed by atoms with van der Waals surface area (Å²) in [5, 5.41) is 16.4. The molecule has 0 amide bonds. The van der Waals surface area contributed by atoms with Crippen LogP contribution in [0.15, 0.2) is 29.3 Å². The van der Waals surface area contributed by atoms with Gasteiger partial charge in [0.1, 0.15) is 0 Å². The van der Waals surface area contributed by atoms with Crippen molar-refractivity contribution < 1.29 is 5.11 Å². The molecule has 1 aromatic rings. The summed E-state index contributed by atoms with van der Waals surface area (Å²) in [5.74, 6) is 2.43. The highest BCUT2D eigenvalue weighted by Crippen LogP contribution is 2.28. The number of aliphatic imine (C=N–C) groups is 1. The van der Waals surface area contributed by atoms with Gasteiger partial charge in [0.25, 0.3) is 0 Å². The zero-order valence-corrected chi connectivity index (χ0v) is 17.4. The standard InChI is InChI=1S/C19H31N3O.HI/c1-4-20-19(22-18-10-14(2)9-15(3)11-18)21-12-16-7-5-6-8-17(16)13-23;/h5-8,14-15,18,23H,4,9-13H2,1-3H3,(H2,20,21,22);1H. The Balaban J connectivity index is 0.00000288. The number of benzene rings is 1. The van der Waals surface area contributed by atoms with Gasteiger partial charge >= 0.3 is 0 Å². The number of aliphatic hydroxyl groups is 1. The van der Waals surface area contributed by atoms with E-state index in [4.69, 9.17) is 4.99 Å². The topological polar surface area (TPSA) is 56.7 Å². The molecule has 0 saturated heterocycles. The molecule has 1 fully saturated rings. The van der Waals surface area contributed by atoms with Crippen LogP contribution in [0.25, 0.3) is 0 Å². The maximum atomic E-state index is 9.43. The third-order valence-electron chi connectivity index (χ3n) is 4.56. The SMILES string of the molecule is CCNC(=NCc1ccccc1CO)NC1CC(C)CC(C)C1.I. The predicted octanol–water partition coefficient (Wildman–Crippen LogP) is 3.68. The zero-order chi connectivity index (χ0) is 16.7. The van der Waals surface area contributed by atoms with Crippen molar-refractivity contribution in [3.05, 3.63) is 35.4 Å². The average molecular weight is 445 g/mol. The second-order valence-electron chi connectivity index (χ2n) is 6.88. The number of halogens is 1. The maximum Gasteiger partial charge on any atom is 0.191 e. The van der Waals surface area contributed by atoms with E-state index in [2.05, 4.69) is 31.4 Å². The number of nitrogens with one attached hydrogen (secondary N) is 2. The molecule has 4 nitrogen and oxygen atoms in total. The number of rotatable bonds is 5. The number of aliphatic hydroxyl groups excluding tert-OH is 1. The van der Waals surface area contributed by atoms with Gasteiger partial charge in [0.05, 0.1) is 13.2 Å². The molecule has 0 aromatic heterocycles. The van der Waals surface area contributed by atoms with Gasteiger partial charge < -0.3 is 15.7 Å². The molecule has 2 rings (SSSR count). The van der Waals surface area contributed by atoms with Crippen LogP contribution in [0.2, 0.25) is 0 Å². The minimum atomic E-state index is 0. The highest BCUT2D eigenvalue weighted by molar-refractivity contribution is 14.0. The van der Waals surface area contributed by atoms with Gasteiger partial charge in [-0.2, -0.15) is 0 Å². The summed E-state index contributed by atoms with van der Waals surface area (Å²) in [6.45, 7) is 8.27. The van der Waals surface area contributed by atoms with Crippen molar-refractivity contribution in [2.24, 2.45) is 16.8 Å². The Morgan fingerprint density at radius 1 is 1.12 bits per heavy atom. The van der Waals surface area contributed by atoms with Gasteiger partial charge in [-0.1, -0.05) is 38.1 Å². The van der Waals surface area contributed by atoms with Gasteiger partial charge in [0.15, 0.2) is 5.96 Å². The first-order valence-electron chi connectivity index (χ1n) is 8.84. The van der Waals surface area contributed by atoms with E-state index in [0.29, 0.717) is 12.6 Å². The van der Waals surface area contributed by atoms with Crippen molar-refractivity contribution >= 4 is 29.9 Å². The molecule has 1 aliphatic rings. The second kappa shape index (κ2) is 10.9. The molecular formula is C19H32IN3O. The fourth-order valence-electron chi connectivity index (χ4n) is 3.61. The lowest BCUT2D eigenvalue weighted by Gasteiger charge is -2.32. The summed E-state index contributed by atoms with van der Waals surface area (Å²) in [6, 6.07) is 8.43. The van der Waals surface area contributed by atoms with Crippen LogP contribution in [-0.2, 0) is 13.2 Å². The van der Waals surface area contributed by atoms with Gasteiger partial charge in [-0.25, -0.2) is 4.99 Å². The van der Waals surface area contributed by atoms with Gasteiger partial charge in [0.2, 0.25) is 0 Å². The number of hydrogen-bond acceptors (Lipinski definition) is 2. The van der Waals surface area contributed by atoms with Crippen LogP contribution < -0.4 is 10.6 Å². The molecule has 136 valence electrons. The molecule has 0 radical (unpaired) electrons. The predicted molar refractivity (Wildman–Crippen MR) is 112 cm³/mol. The molecule has 1 aliphatic carbocycles. The molecule has 0 aliphatic heterocycles. The minimum absolute atomic E-state index is 0. The Hall–Kier alpha value is -0.820. The van der Waals surface area contributed by atoms with Crippen LogP contribution in [0.3, 0.4) is 0 Å². The van der Waals surface area contributed by atoms with Gasteiger partial charge in [-0.15, -0.1) is 24.0 Å². The van der Waals surface area contributed by atoms with E-state index in [1.54, 1.807) is 0 Å². The first-order chi connectivity index (χ1) is 11.1. The molecule has 1 saturated carbocycles. The summed E-state index contributed by atoms with van der Waals surface area (Å²) >= 11 is 0. The van der Waals surface area contributed by atoms with E-state index in [0.717, 1.165) is 35.5 Å². The van der Waals surface area contributed by atoms with Crippen LogP contribution in [0.4, 0.5) is 0 Å². The Bertz CT molecular complexity index is 511. The second-order valence-corrected chi connectivity index (χ2v) is 6.88. The lowest BCUT2D eigenvalue weighted by molar-refractivity contribution is 0.255. The van der Waals surface area contributed by atoms with Crippen molar-refractivity contribution in [3.8, 4) is 0 Å². The molecule has 24 heavy (non-hydrogen) atoms. The van der Waals surface area contributed by atoms with Crippen LogP contribution in [-0.4, -0.2) is 23.7 Å². The molecule has 0 heterocycles. The molecule has 0 bridgehead atoms. The van der Waals surface area contributed by atoms with E-state index in [1.165, 1.54) is 19.3 Å². The van der Waals surface area contributed by atoms with E-state index in [-0.39, 0.29) is 30.6 Å². The molecular weight excluding hydrogens is 413 g/mol. The molecule has 3 N–H and O–H groups in total. The third-order valence-corrected chi connectivity index (χ3v) is 4.56. The minimum Gasteiger partial charge on any atom is -0.392 e. The average Bonchev–Trinajstić information content (AvgIpc) is 2.52. The van der Waals surface area contributed by atoms with Crippen LogP contribution in [0, 0.1) is 11.8 Å².